The van der Waals surface area contributed by atoms with Crippen LogP contribution in [0.3, 0.4) is 0 Å². The van der Waals surface area contributed by atoms with Gasteiger partial charge in [0.15, 0.2) is 5.52 Å². The van der Waals surface area contributed by atoms with Gasteiger partial charge in [-0.05, 0) is 58.2 Å². The molecule has 3 aromatic heterocycles. The molecule has 11 heteroatoms. The lowest BCUT2D eigenvalue weighted by molar-refractivity contribution is 0.0499. The second-order valence-corrected chi connectivity index (χ2v) is 12.8. The van der Waals surface area contributed by atoms with Crippen LogP contribution in [0.15, 0.2) is 76.3 Å². The van der Waals surface area contributed by atoms with Crippen LogP contribution in [0.5, 0.6) is 0 Å². The molecule has 5 aromatic rings. The molecule has 1 saturated heterocycles. The van der Waals surface area contributed by atoms with E-state index in [4.69, 9.17) is 14.7 Å². The van der Waals surface area contributed by atoms with Crippen LogP contribution in [0.2, 0.25) is 0 Å². The highest BCUT2D eigenvalue weighted by Gasteiger charge is 2.29. The van der Waals surface area contributed by atoms with E-state index in [9.17, 15) is 14.4 Å². The topological polar surface area (TPSA) is 116 Å². The largest absolute Gasteiger partial charge is 0.444 e. The van der Waals surface area contributed by atoms with Gasteiger partial charge in [-0.25, -0.2) is 19.1 Å². The van der Waals surface area contributed by atoms with Crippen LogP contribution in [0.1, 0.15) is 51.8 Å². The molecule has 11 nitrogen and oxygen atoms in total. The first-order valence-electron chi connectivity index (χ1n) is 15.9. The average molecular weight is 634 g/mol. The first-order chi connectivity index (χ1) is 22.6. The average Bonchev–Trinajstić information content (AvgIpc) is 3.44. The normalized spacial score (nSPS) is 15.0. The van der Waals surface area contributed by atoms with Gasteiger partial charge in [-0.2, -0.15) is 0 Å². The molecule has 6 rings (SSSR count). The van der Waals surface area contributed by atoms with Crippen molar-refractivity contribution in [3.8, 4) is 11.8 Å². The zero-order valence-corrected chi connectivity index (χ0v) is 27.2. The van der Waals surface area contributed by atoms with Gasteiger partial charge in [0.2, 0.25) is 5.95 Å². The maximum atomic E-state index is 14.6. The van der Waals surface area contributed by atoms with E-state index in [-0.39, 0.29) is 47.8 Å². The Morgan fingerprint density at radius 2 is 1.70 bits per heavy atom. The molecule has 1 aliphatic heterocycles. The maximum absolute atomic E-state index is 14.6. The van der Waals surface area contributed by atoms with Crippen LogP contribution in [-0.2, 0) is 24.4 Å². The van der Waals surface area contributed by atoms with E-state index in [1.807, 2.05) is 92.4 Å². The minimum Gasteiger partial charge on any atom is -0.444 e. The number of carbonyl (C=O) groups is 1. The minimum absolute atomic E-state index is 0.0868. The molecule has 4 heterocycles. The molecule has 1 aliphatic rings. The predicted molar refractivity (Wildman–Crippen MR) is 183 cm³/mol. The molecule has 47 heavy (non-hydrogen) atoms. The summed E-state index contributed by atoms with van der Waals surface area (Å²) in [7, 11) is 0. The number of hydrogen-bond donors (Lipinski definition) is 1. The maximum Gasteiger partial charge on any atom is 0.407 e. The third-order valence-corrected chi connectivity index (χ3v) is 8.09. The number of piperidine rings is 1. The zero-order chi connectivity index (χ0) is 33.1. The number of carbonyl (C=O) groups excluding carboxylic acids is 1. The van der Waals surface area contributed by atoms with Gasteiger partial charge in [0.1, 0.15) is 11.1 Å². The van der Waals surface area contributed by atoms with E-state index in [0.29, 0.717) is 24.7 Å². The Morgan fingerprint density at radius 1 is 0.957 bits per heavy atom. The van der Waals surface area contributed by atoms with Gasteiger partial charge in [-0.15, -0.1) is 5.92 Å². The van der Waals surface area contributed by atoms with Gasteiger partial charge < -0.3 is 15.0 Å². The number of nitrogens with zero attached hydrogens (tertiary/aromatic N) is 6. The number of pyridine rings is 1. The van der Waals surface area contributed by atoms with Gasteiger partial charge in [0.25, 0.3) is 11.1 Å². The van der Waals surface area contributed by atoms with Crippen molar-refractivity contribution in [3.05, 3.63) is 98.7 Å². The lowest BCUT2D eigenvalue weighted by atomic mass is 10.1. The fourth-order valence-electron chi connectivity index (χ4n) is 5.99. The predicted octanol–water partition coefficient (Wildman–Crippen LogP) is 4.52. The minimum atomic E-state index is -0.618. The van der Waals surface area contributed by atoms with Gasteiger partial charge in [0.05, 0.1) is 30.8 Å². The van der Waals surface area contributed by atoms with Crippen molar-refractivity contribution in [2.75, 3.05) is 18.0 Å². The quantitative estimate of drug-likeness (QED) is 0.262. The van der Waals surface area contributed by atoms with Gasteiger partial charge in [-0.3, -0.25) is 19.1 Å². The molecule has 1 amide bonds. The number of benzene rings is 2. The summed E-state index contributed by atoms with van der Waals surface area (Å²) in [5.74, 6) is 6.46. The molecular formula is C36H39N7O4. The lowest BCUT2D eigenvalue weighted by Crippen LogP contribution is -2.49. The van der Waals surface area contributed by atoms with Crippen molar-refractivity contribution in [1.82, 2.24) is 29.2 Å². The first-order valence-corrected chi connectivity index (χ1v) is 15.9. The fourth-order valence-corrected chi connectivity index (χ4v) is 5.99. The standard InChI is InChI=1S/C36H39N7O4/c1-5-6-21-41-31-30(39-34(41)40-20-12-16-27(23-40)38-35(46)47-36(2,3)4)32(44)42(22-25-13-8-7-9-14-25)43(33(31)45)24-28-19-18-26-15-10-11-17-29(26)37-28/h7-11,13-15,17-19,27H,12,16,20-24H2,1-4H3,(H,38,46). The summed E-state index contributed by atoms with van der Waals surface area (Å²) in [4.78, 5) is 53.1. The van der Waals surface area contributed by atoms with E-state index in [1.165, 1.54) is 9.36 Å². The monoisotopic (exact) mass is 633 g/mol. The van der Waals surface area contributed by atoms with Crippen molar-refractivity contribution >= 4 is 34.0 Å². The van der Waals surface area contributed by atoms with Crippen LogP contribution in [0.25, 0.3) is 21.9 Å². The highest BCUT2D eigenvalue weighted by molar-refractivity contribution is 5.79. The summed E-state index contributed by atoms with van der Waals surface area (Å²) >= 11 is 0. The van der Waals surface area contributed by atoms with Crippen molar-refractivity contribution in [3.63, 3.8) is 0 Å². The number of alkyl carbamates (subject to hydrolysis) is 1. The number of fused-ring (bicyclic) bond motifs is 2. The van der Waals surface area contributed by atoms with Crippen LogP contribution < -0.4 is 21.3 Å². The number of ether oxygens (including phenoxy) is 1. The van der Waals surface area contributed by atoms with Crippen LogP contribution in [-0.4, -0.2) is 54.7 Å². The first kappa shape index (κ1) is 31.6. The van der Waals surface area contributed by atoms with Gasteiger partial charge >= 0.3 is 6.09 Å². The van der Waals surface area contributed by atoms with Crippen molar-refractivity contribution < 1.29 is 9.53 Å². The molecule has 0 spiro atoms. The van der Waals surface area contributed by atoms with E-state index in [0.717, 1.165) is 29.3 Å². The number of rotatable bonds is 7. The summed E-state index contributed by atoms with van der Waals surface area (Å²) in [6, 6.07) is 21.0. The fraction of sp³-hybridized carbons (Fsp3) is 0.361. The summed E-state index contributed by atoms with van der Waals surface area (Å²) in [6.07, 6.45) is 1.06. The second-order valence-electron chi connectivity index (χ2n) is 12.8. The Labute approximate surface area is 272 Å². The highest BCUT2D eigenvalue weighted by Crippen LogP contribution is 2.23. The number of nitrogens with one attached hydrogen (secondary N) is 1. The molecule has 2 aromatic carbocycles. The molecule has 0 radical (unpaired) electrons. The summed E-state index contributed by atoms with van der Waals surface area (Å²) in [6.45, 7) is 8.73. The van der Waals surface area contributed by atoms with E-state index < -0.39 is 11.7 Å². The Hall–Kier alpha value is -5.37. The SMILES string of the molecule is CC#CCn1c(N2CCCC(NC(=O)OC(C)(C)C)C2)nc2c(=O)n(Cc3ccccc3)n(Cc3ccc4ccccc4n3)c(=O)c21. The van der Waals surface area contributed by atoms with Crippen molar-refractivity contribution in [2.45, 2.75) is 71.8 Å². The Bertz CT molecular complexity index is 2110. The lowest BCUT2D eigenvalue weighted by Gasteiger charge is -2.34. The number of para-hydroxylation sites is 1. The van der Waals surface area contributed by atoms with E-state index in [1.54, 1.807) is 11.5 Å². The Balaban J connectivity index is 1.46. The van der Waals surface area contributed by atoms with Crippen molar-refractivity contribution in [1.29, 1.82) is 0 Å². The number of anilines is 1. The third kappa shape index (κ3) is 6.92. The summed E-state index contributed by atoms with van der Waals surface area (Å²) in [5.41, 5.74) is 1.25. The molecule has 1 atom stereocenters. The zero-order valence-electron chi connectivity index (χ0n) is 27.2. The Kier molecular flexibility index (Phi) is 8.85. The number of amides is 1. The molecule has 0 saturated carbocycles. The highest BCUT2D eigenvalue weighted by atomic mass is 16.6. The third-order valence-electron chi connectivity index (χ3n) is 8.09. The number of imidazole rings is 1. The Morgan fingerprint density at radius 3 is 2.47 bits per heavy atom. The van der Waals surface area contributed by atoms with Crippen molar-refractivity contribution in [2.24, 2.45) is 0 Å². The second kappa shape index (κ2) is 13.2. The smallest absolute Gasteiger partial charge is 0.407 e. The molecule has 0 bridgehead atoms. The van der Waals surface area contributed by atoms with Crippen LogP contribution in [0, 0.1) is 11.8 Å². The number of hydrogen-bond acceptors (Lipinski definition) is 7. The summed E-state index contributed by atoms with van der Waals surface area (Å²) in [5, 5.41) is 3.96. The molecule has 1 unspecified atom stereocenters. The van der Waals surface area contributed by atoms with Crippen LogP contribution >= 0.6 is 0 Å². The van der Waals surface area contributed by atoms with Gasteiger partial charge in [-0.1, -0.05) is 60.5 Å². The number of aromatic nitrogens is 5. The van der Waals surface area contributed by atoms with E-state index in [2.05, 4.69) is 17.2 Å². The molecule has 0 aliphatic carbocycles. The molecular weight excluding hydrogens is 594 g/mol. The van der Waals surface area contributed by atoms with Crippen LogP contribution in [0.4, 0.5) is 10.7 Å². The molecule has 242 valence electrons. The molecule has 1 N–H and O–H groups in total. The molecule has 1 fully saturated rings. The van der Waals surface area contributed by atoms with E-state index >= 15 is 0 Å². The van der Waals surface area contributed by atoms with Gasteiger partial charge in [0, 0.05) is 24.5 Å². The summed E-state index contributed by atoms with van der Waals surface area (Å²) < 4.78 is 10.2.